The van der Waals surface area contributed by atoms with Gasteiger partial charge in [0, 0.05) is 33.7 Å². The predicted octanol–water partition coefficient (Wildman–Crippen LogP) is 1.42. The third-order valence-corrected chi connectivity index (χ3v) is 3.62. The monoisotopic (exact) mass is 293 g/mol. The highest BCUT2D eigenvalue weighted by molar-refractivity contribution is 5.42. The molecule has 2 unspecified atom stereocenters. The van der Waals surface area contributed by atoms with Crippen LogP contribution in [-0.4, -0.2) is 49.5 Å². The summed E-state index contributed by atoms with van der Waals surface area (Å²) in [6.07, 6.45) is 2.45. The maximum Gasteiger partial charge on any atom is 0.188 e. The van der Waals surface area contributed by atoms with E-state index in [1.807, 2.05) is 4.90 Å². The molecule has 0 aliphatic carbocycles. The molecule has 1 aromatic rings. The lowest BCUT2D eigenvalue weighted by Crippen LogP contribution is -2.48. The van der Waals surface area contributed by atoms with Crippen LogP contribution in [0.2, 0.25) is 0 Å². The van der Waals surface area contributed by atoms with Crippen LogP contribution < -0.4 is 4.90 Å². The van der Waals surface area contributed by atoms with E-state index in [2.05, 4.69) is 21.8 Å². The molecular formula is C15H20FN3O2. The molecule has 0 spiro atoms. The standard InChI is InChI=1S/C15H20FN3O2/c1-4-5-6-13-14(16)15(18-10-17-13)19-8-11(20-2)7-12(9-19)21-3/h10-12H,6-9H2,1-3H3. The van der Waals surface area contributed by atoms with E-state index in [1.165, 1.54) is 6.33 Å². The van der Waals surface area contributed by atoms with Crippen molar-refractivity contribution in [3.8, 4) is 11.8 Å². The summed E-state index contributed by atoms with van der Waals surface area (Å²) in [6, 6.07) is 0. The topological polar surface area (TPSA) is 47.5 Å². The zero-order valence-corrected chi connectivity index (χ0v) is 12.6. The molecule has 1 aliphatic heterocycles. The van der Waals surface area contributed by atoms with Gasteiger partial charge in [-0.3, -0.25) is 0 Å². The first-order chi connectivity index (χ1) is 10.2. The second kappa shape index (κ2) is 7.34. The van der Waals surface area contributed by atoms with E-state index in [0.29, 0.717) is 24.6 Å². The molecule has 6 heteroatoms. The van der Waals surface area contributed by atoms with Crippen LogP contribution in [0.4, 0.5) is 10.2 Å². The molecule has 2 atom stereocenters. The Morgan fingerprint density at radius 1 is 1.29 bits per heavy atom. The highest BCUT2D eigenvalue weighted by Gasteiger charge is 2.30. The fourth-order valence-electron chi connectivity index (χ4n) is 2.43. The highest BCUT2D eigenvalue weighted by Crippen LogP contribution is 2.24. The average Bonchev–Trinajstić information content (AvgIpc) is 2.53. The summed E-state index contributed by atoms with van der Waals surface area (Å²) in [5.41, 5.74) is 0.322. The van der Waals surface area contributed by atoms with Gasteiger partial charge in [-0.2, -0.15) is 0 Å². The third kappa shape index (κ3) is 3.69. The third-order valence-electron chi connectivity index (χ3n) is 3.62. The first-order valence-electron chi connectivity index (χ1n) is 6.89. The Balaban J connectivity index is 2.24. The van der Waals surface area contributed by atoms with E-state index >= 15 is 0 Å². The lowest BCUT2D eigenvalue weighted by molar-refractivity contribution is 0.0105. The van der Waals surface area contributed by atoms with E-state index in [4.69, 9.17) is 9.47 Å². The molecule has 114 valence electrons. The van der Waals surface area contributed by atoms with Crippen molar-refractivity contribution in [1.29, 1.82) is 0 Å². The molecule has 5 nitrogen and oxygen atoms in total. The van der Waals surface area contributed by atoms with Crippen molar-refractivity contribution in [3.63, 3.8) is 0 Å². The Morgan fingerprint density at radius 3 is 2.52 bits per heavy atom. The van der Waals surface area contributed by atoms with Gasteiger partial charge < -0.3 is 14.4 Å². The maximum absolute atomic E-state index is 14.5. The lowest BCUT2D eigenvalue weighted by Gasteiger charge is -2.37. The van der Waals surface area contributed by atoms with Gasteiger partial charge in [0.1, 0.15) is 6.33 Å². The van der Waals surface area contributed by atoms with Gasteiger partial charge in [0.2, 0.25) is 0 Å². The van der Waals surface area contributed by atoms with Gasteiger partial charge >= 0.3 is 0 Å². The van der Waals surface area contributed by atoms with Crippen molar-refractivity contribution in [1.82, 2.24) is 9.97 Å². The fourth-order valence-corrected chi connectivity index (χ4v) is 2.43. The molecule has 2 rings (SSSR count). The zero-order valence-electron chi connectivity index (χ0n) is 12.6. The van der Waals surface area contributed by atoms with E-state index in [-0.39, 0.29) is 18.6 Å². The van der Waals surface area contributed by atoms with E-state index in [0.717, 1.165) is 6.42 Å². The molecule has 0 N–H and O–H groups in total. The molecule has 0 amide bonds. The van der Waals surface area contributed by atoms with Crippen LogP contribution in [0.5, 0.6) is 0 Å². The minimum Gasteiger partial charge on any atom is -0.380 e. The van der Waals surface area contributed by atoms with Crippen molar-refractivity contribution in [2.24, 2.45) is 0 Å². The van der Waals surface area contributed by atoms with E-state index < -0.39 is 5.82 Å². The van der Waals surface area contributed by atoms with Crippen LogP contribution >= 0.6 is 0 Å². The summed E-state index contributed by atoms with van der Waals surface area (Å²) in [7, 11) is 3.30. The van der Waals surface area contributed by atoms with Crippen molar-refractivity contribution >= 4 is 5.82 Å². The van der Waals surface area contributed by atoms with Crippen molar-refractivity contribution in [2.75, 3.05) is 32.2 Å². The van der Waals surface area contributed by atoms with Gasteiger partial charge in [0.05, 0.1) is 24.3 Å². The molecule has 0 aromatic carbocycles. The number of methoxy groups -OCH3 is 2. The minimum atomic E-state index is -0.410. The molecule has 0 saturated carbocycles. The molecule has 21 heavy (non-hydrogen) atoms. The SMILES string of the molecule is CC#CCc1ncnc(N2CC(OC)CC(OC)C2)c1F. The Morgan fingerprint density at radius 2 is 1.95 bits per heavy atom. The Kier molecular flexibility index (Phi) is 5.48. The molecule has 0 radical (unpaired) electrons. The summed E-state index contributed by atoms with van der Waals surface area (Å²) < 4.78 is 25.3. The Labute approximate surface area is 124 Å². The van der Waals surface area contributed by atoms with Gasteiger partial charge in [0.25, 0.3) is 0 Å². The van der Waals surface area contributed by atoms with Crippen molar-refractivity contribution in [2.45, 2.75) is 32.0 Å². The maximum atomic E-state index is 14.5. The second-order valence-corrected chi connectivity index (χ2v) is 4.92. The van der Waals surface area contributed by atoms with Gasteiger partial charge in [0.15, 0.2) is 11.6 Å². The summed E-state index contributed by atoms with van der Waals surface area (Å²) >= 11 is 0. The van der Waals surface area contributed by atoms with Gasteiger partial charge in [-0.15, -0.1) is 5.92 Å². The van der Waals surface area contributed by atoms with Crippen molar-refractivity contribution in [3.05, 3.63) is 17.8 Å². The molecule has 1 saturated heterocycles. The van der Waals surface area contributed by atoms with Crippen LogP contribution in [0, 0.1) is 17.7 Å². The Hall–Kier alpha value is -1.71. The van der Waals surface area contributed by atoms with Gasteiger partial charge in [-0.1, -0.05) is 5.92 Å². The largest absolute Gasteiger partial charge is 0.380 e. The lowest BCUT2D eigenvalue weighted by atomic mass is 10.1. The van der Waals surface area contributed by atoms with E-state index in [1.54, 1.807) is 21.1 Å². The number of anilines is 1. The normalized spacial score (nSPS) is 21.8. The molecule has 0 bridgehead atoms. The highest BCUT2D eigenvalue weighted by atomic mass is 19.1. The summed E-state index contributed by atoms with van der Waals surface area (Å²) in [5, 5.41) is 0. The average molecular weight is 293 g/mol. The fraction of sp³-hybridized carbons (Fsp3) is 0.600. The first kappa shape index (κ1) is 15.7. The van der Waals surface area contributed by atoms with Crippen molar-refractivity contribution < 1.29 is 13.9 Å². The van der Waals surface area contributed by atoms with Crippen LogP contribution in [0.15, 0.2) is 6.33 Å². The number of halogens is 1. The number of aromatic nitrogens is 2. The smallest absolute Gasteiger partial charge is 0.188 e. The number of hydrogen-bond donors (Lipinski definition) is 0. The van der Waals surface area contributed by atoms with Gasteiger partial charge in [-0.05, 0) is 6.92 Å². The van der Waals surface area contributed by atoms with Crippen LogP contribution in [0.1, 0.15) is 19.0 Å². The number of hydrogen-bond acceptors (Lipinski definition) is 5. The summed E-state index contributed by atoms with van der Waals surface area (Å²) in [4.78, 5) is 9.91. The van der Waals surface area contributed by atoms with Gasteiger partial charge in [-0.25, -0.2) is 14.4 Å². The molecule has 2 heterocycles. The minimum absolute atomic E-state index is 0.00283. The molecule has 1 aliphatic rings. The first-order valence-corrected chi connectivity index (χ1v) is 6.89. The zero-order chi connectivity index (χ0) is 15.2. The van der Waals surface area contributed by atoms with Crippen LogP contribution in [0.3, 0.4) is 0 Å². The number of ether oxygens (including phenoxy) is 2. The van der Waals surface area contributed by atoms with Crippen LogP contribution in [-0.2, 0) is 15.9 Å². The predicted molar refractivity (Wildman–Crippen MR) is 77.6 cm³/mol. The quantitative estimate of drug-likeness (QED) is 0.786. The number of rotatable bonds is 4. The van der Waals surface area contributed by atoms with Crippen LogP contribution in [0.25, 0.3) is 0 Å². The number of nitrogens with zero attached hydrogens (tertiary/aromatic N) is 3. The van der Waals surface area contributed by atoms with E-state index in [9.17, 15) is 4.39 Å². The second-order valence-electron chi connectivity index (χ2n) is 4.92. The summed E-state index contributed by atoms with van der Waals surface area (Å²) in [6.45, 7) is 2.89. The number of piperidine rings is 1. The molecule has 1 fully saturated rings. The molecular weight excluding hydrogens is 273 g/mol. The summed E-state index contributed by atoms with van der Waals surface area (Å²) in [5.74, 6) is 5.45. The molecule has 1 aromatic heterocycles. The Bertz CT molecular complexity index is 529.